The van der Waals surface area contributed by atoms with Crippen LogP contribution < -0.4 is 14.5 Å². The Morgan fingerprint density at radius 1 is 0.919 bits per heavy atom. The molecule has 0 spiro atoms. The van der Waals surface area contributed by atoms with E-state index in [1.54, 1.807) is 20.4 Å². The highest BCUT2D eigenvalue weighted by Gasteiger charge is 2.30. The summed E-state index contributed by atoms with van der Waals surface area (Å²) in [5, 5.41) is 2.06. The number of rotatable bonds is 12. The second-order valence-corrected chi connectivity index (χ2v) is 9.74. The molecule has 198 valence electrons. The predicted octanol–water partition coefficient (Wildman–Crippen LogP) is 7.08. The molecule has 37 heavy (non-hydrogen) atoms. The Bertz CT molecular complexity index is 1080. The lowest BCUT2D eigenvalue weighted by Crippen LogP contribution is -2.38. The Kier molecular flexibility index (Phi) is 9.80. The molecule has 0 radical (unpaired) electrons. The summed E-state index contributed by atoms with van der Waals surface area (Å²) < 4.78 is 17.1. The number of hydrogen-bond acceptors (Lipinski definition) is 6. The molecule has 1 fully saturated rings. The molecule has 6 nitrogen and oxygen atoms in total. The van der Waals surface area contributed by atoms with E-state index in [-0.39, 0.29) is 12.1 Å². The van der Waals surface area contributed by atoms with Gasteiger partial charge < -0.3 is 14.2 Å². The van der Waals surface area contributed by atoms with Gasteiger partial charge in [0.25, 0.3) is 0 Å². The van der Waals surface area contributed by atoms with Crippen LogP contribution in [0.5, 0.6) is 11.5 Å². The van der Waals surface area contributed by atoms with Crippen molar-refractivity contribution in [2.24, 2.45) is 0 Å². The van der Waals surface area contributed by atoms with Crippen LogP contribution in [0.3, 0.4) is 0 Å². The van der Waals surface area contributed by atoms with Crippen LogP contribution >= 0.6 is 0 Å². The van der Waals surface area contributed by atoms with Gasteiger partial charge in [-0.3, -0.25) is 9.82 Å². The number of ether oxygens (including phenoxy) is 3. The van der Waals surface area contributed by atoms with Gasteiger partial charge in [-0.15, -0.1) is 0 Å². The Morgan fingerprint density at radius 2 is 1.65 bits per heavy atom. The molecular weight excluding hydrogens is 464 g/mol. The molecule has 1 saturated carbocycles. The maximum atomic E-state index is 6.50. The molecule has 1 aromatic heterocycles. The van der Waals surface area contributed by atoms with Gasteiger partial charge in [-0.2, -0.15) is 0 Å². The molecule has 2 aromatic carbocycles. The number of hydroxylamine groups is 1. The maximum absolute atomic E-state index is 6.50. The molecule has 0 amide bonds. The fourth-order valence-electron chi connectivity index (χ4n) is 4.98. The largest absolute Gasteiger partial charge is 0.492 e. The molecule has 1 aliphatic carbocycles. The van der Waals surface area contributed by atoms with Gasteiger partial charge in [0.05, 0.1) is 32.5 Å². The van der Waals surface area contributed by atoms with Crippen LogP contribution in [0.1, 0.15) is 68.7 Å². The van der Waals surface area contributed by atoms with Crippen molar-refractivity contribution in [2.45, 2.75) is 77.2 Å². The van der Waals surface area contributed by atoms with Gasteiger partial charge in [0.2, 0.25) is 0 Å². The minimum Gasteiger partial charge on any atom is -0.492 e. The summed E-state index contributed by atoms with van der Waals surface area (Å²) in [6.07, 6.45) is 7.28. The van der Waals surface area contributed by atoms with Crippen LogP contribution in [0.4, 0.5) is 5.69 Å². The summed E-state index contributed by atoms with van der Waals surface area (Å²) in [6, 6.07) is 21.2. The lowest BCUT2D eigenvalue weighted by atomic mass is 9.81. The number of anilines is 1. The number of methoxy groups -OCH3 is 2. The molecule has 1 aliphatic rings. The minimum absolute atomic E-state index is 0.234. The number of nitrogens with zero attached hydrogens (tertiary/aromatic N) is 2. The molecule has 0 saturated heterocycles. The van der Waals surface area contributed by atoms with Crippen molar-refractivity contribution in [3.63, 3.8) is 0 Å². The van der Waals surface area contributed by atoms with E-state index in [9.17, 15) is 0 Å². The van der Waals surface area contributed by atoms with Gasteiger partial charge in [-0.05, 0) is 74.3 Å². The van der Waals surface area contributed by atoms with Crippen LogP contribution in [0, 0.1) is 0 Å². The Morgan fingerprint density at radius 3 is 2.30 bits per heavy atom. The summed E-state index contributed by atoms with van der Waals surface area (Å²) in [5.74, 6) is 2.19. The maximum Gasteiger partial charge on any atom is 0.168 e. The van der Waals surface area contributed by atoms with Crippen molar-refractivity contribution in [3.8, 4) is 11.5 Å². The quantitative estimate of drug-likeness (QED) is 0.246. The first-order valence-electron chi connectivity index (χ1n) is 13.4. The van der Waals surface area contributed by atoms with Gasteiger partial charge in [0, 0.05) is 13.3 Å². The molecule has 1 unspecified atom stereocenters. The van der Waals surface area contributed by atoms with Crippen LogP contribution in [0.25, 0.3) is 0 Å². The zero-order valence-corrected chi connectivity index (χ0v) is 22.6. The average Bonchev–Trinajstić information content (AvgIpc) is 2.95. The van der Waals surface area contributed by atoms with E-state index in [0.717, 1.165) is 54.8 Å². The standard InChI is InChI=1S/C31H40N2O4/c1-5-23(2)37-28-17-13-26(14-18-28)25-11-15-27(16-12-25)33(36-21-24-9-7-6-8-10-24)30-19-20-32-29(22-34-3)31(30)35-4/h6-10,13-14,17-20,23,25,27H,5,11-12,15-16,21-22H2,1-4H3/t23?,25-,27+. The molecule has 0 bridgehead atoms. The zero-order valence-electron chi connectivity index (χ0n) is 22.6. The predicted molar refractivity (Wildman–Crippen MR) is 147 cm³/mol. The average molecular weight is 505 g/mol. The van der Waals surface area contributed by atoms with Crippen molar-refractivity contribution in [3.05, 3.63) is 83.7 Å². The Balaban J connectivity index is 1.49. The molecule has 1 heterocycles. The first kappa shape index (κ1) is 27.0. The number of aromatic nitrogens is 1. The third kappa shape index (κ3) is 7.02. The molecule has 3 aromatic rings. The first-order chi connectivity index (χ1) is 18.1. The van der Waals surface area contributed by atoms with Crippen molar-refractivity contribution in [2.75, 3.05) is 19.3 Å². The van der Waals surface area contributed by atoms with E-state index >= 15 is 0 Å². The Labute approximate surface area is 221 Å². The molecule has 4 rings (SSSR count). The summed E-state index contributed by atoms with van der Waals surface area (Å²) in [4.78, 5) is 11.0. The lowest BCUT2D eigenvalue weighted by molar-refractivity contribution is 0.0611. The smallest absolute Gasteiger partial charge is 0.168 e. The molecule has 6 heteroatoms. The molecular formula is C31H40N2O4. The lowest BCUT2D eigenvalue weighted by Gasteiger charge is -2.38. The molecule has 0 aliphatic heterocycles. The summed E-state index contributed by atoms with van der Waals surface area (Å²) in [5.41, 5.74) is 4.18. The summed E-state index contributed by atoms with van der Waals surface area (Å²) in [7, 11) is 3.35. The highest BCUT2D eigenvalue weighted by molar-refractivity contribution is 5.59. The third-order valence-corrected chi connectivity index (χ3v) is 7.19. The van der Waals surface area contributed by atoms with Crippen molar-refractivity contribution in [1.82, 2.24) is 4.98 Å². The van der Waals surface area contributed by atoms with E-state index in [4.69, 9.17) is 19.0 Å². The fraction of sp³-hybridized carbons (Fsp3) is 0.452. The van der Waals surface area contributed by atoms with E-state index in [2.05, 4.69) is 60.3 Å². The summed E-state index contributed by atoms with van der Waals surface area (Å²) >= 11 is 0. The first-order valence-corrected chi connectivity index (χ1v) is 13.4. The van der Waals surface area contributed by atoms with E-state index in [1.165, 1.54) is 5.56 Å². The third-order valence-electron chi connectivity index (χ3n) is 7.19. The van der Waals surface area contributed by atoms with Crippen LogP contribution in [-0.2, 0) is 22.8 Å². The number of hydrogen-bond donors (Lipinski definition) is 0. The van der Waals surface area contributed by atoms with Gasteiger partial charge in [-0.1, -0.05) is 49.4 Å². The number of pyridine rings is 1. The second-order valence-electron chi connectivity index (χ2n) is 9.74. The topological polar surface area (TPSA) is 53.1 Å². The highest BCUT2D eigenvalue weighted by atomic mass is 16.7. The van der Waals surface area contributed by atoms with Crippen LogP contribution in [0.2, 0.25) is 0 Å². The fourth-order valence-corrected chi connectivity index (χ4v) is 4.98. The van der Waals surface area contributed by atoms with Gasteiger partial charge in [0.15, 0.2) is 5.75 Å². The minimum atomic E-state index is 0.234. The SMILES string of the molecule is CCC(C)Oc1ccc([C@H]2CC[C@@H](N(OCc3ccccc3)c3ccnc(COC)c3OC)CC2)cc1. The van der Waals surface area contributed by atoms with Crippen molar-refractivity contribution < 1.29 is 19.0 Å². The summed E-state index contributed by atoms with van der Waals surface area (Å²) in [6.45, 7) is 5.12. The monoisotopic (exact) mass is 504 g/mol. The second kappa shape index (κ2) is 13.5. The van der Waals surface area contributed by atoms with E-state index < -0.39 is 0 Å². The van der Waals surface area contributed by atoms with Crippen LogP contribution in [-0.4, -0.2) is 31.3 Å². The van der Waals surface area contributed by atoms with Crippen molar-refractivity contribution in [1.29, 1.82) is 0 Å². The molecule has 1 atom stereocenters. The molecule has 0 N–H and O–H groups in total. The Hall–Kier alpha value is -3.09. The number of benzene rings is 2. The normalized spacial score (nSPS) is 18.3. The van der Waals surface area contributed by atoms with Crippen molar-refractivity contribution >= 4 is 5.69 Å². The zero-order chi connectivity index (χ0) is 26.0. The van der Waals surface area contributed by atoms with E-state index in [0.29, 0.717) is 24.9 Å². The highest BCUT2D eigenvalue weighted by Crippen LogP contribution is 2.40. The van der Waals surface area contributed by atoms with Gasteiger partial charge in [0.1, 0.15) is 17.1 Å². The van der Waals surface area contributed by atoms with Gasteiger partial charge in [-0.25, -0.2) is 5.06 Å². The van der Waals surface area contributed by atoms with Crippen LogP contribution in [0.15, 0.2) is 66.9 Å². The van der Waals surface area contributed by atoms with Gasteiger partial charge >= 0.3 is 0 Å². The van der Waals surface area contributed by atoms with E-state index in [1.807, 2.05) is 24.3 Å².